The van der Waals surface area contributed by atoms with Crippen LogP contribution in [0.15, 0.2) is 24.3 Å². The van der Waals surface area contributed by atoms with E-state index in [4.69, 9.17) is 9.47 Å². The summed E-state index contributed by atoms with van der Waals surface area (Å²) in [5.74, 6) is 0.0707. The Labute approximate surface area is 131 Å². The van der Waals surface area contributed by atoms with Crippen LogP contribution >= 0.6 is 0 Å². The summed E-state index contributed by atoms with van der Waals surface area (Å²) in [7, 11) is 0. The highest BCUT2D eigenvalue weighted by molar-refractivity contribution is 5.97. The second-order valence-corrected chi connectivity index (χ2v) is 5.27. The van der Waals surface area contributed by atoms with Gasteiger partial charge in [0.2, 0.25) is 0 Å². The van der Waals surface area contributed by atoms with Gasteiger partial charge in [0.05, 0.1) is 24.7 Å². The third-order valence-electron chi connectivity index (χ3n) is 3.75. The predicted molar refractivity (Wildman–Crippen MR) is 82.9 cm³/mol. The average Bonchev–Trinajstić information content (AvgIpc) is 2.55. The van der Waals surface area contributed by atoms with Gasteiger partial charge in [0.25, 0.3) is 5.91 Å². The van der Waals surface area contributed by atoms with Gasteiger partial charge in [-0.15, -0.1) is 0 Å². The van der Waals surface area contributed by atoms with Crippen molar-refractivity contribution in [2.75, 3.05) is 26.3 Å². The van der Waals surface area contributed by atoms with Crippen LogP contribution in [0, 0.1) is 5.92 Å². The van der Waals surface area contributed by atoms with E-state index in [0.29, 0.717) is 37.6 Å². The molecule has 0 spiro atoms. The first kappa shape index (κ1) is 16.3. The van der Waals surface area contributed by atoms with Crippen molar-refractivity contribution in [2.24, 2.45) is 5.92 Å². The van der Waals surface area contributed by atoms with E-state index in [2.05, 4.69) is 0 Å². The Balaban J connectivity index is 2.10. The predicted octanol–water partition coefficient (Wildman–Crippen LogP) is 2.50. The molecule has 1 fully saturated rings. The van der Waals surface area contributed by atoms with E-state index in [9.17, 15) is 9.59 Å². The number of nitrogens with zero attached hydrogens (tertiary/aromatic N) is 1. The molecular formula is C17H23NO4. The SMILES string of the molecule is CCOC(=O)C1CCCN(C(=O)c2ccccc2OCC)C1. The van der Waals surface area contributed by atoms with Crippen molar-refractivity contribution >= 4 is 11.9 Å². The summed E-state index contributed by atoms with van der Waals surface area (Å²) >= 11 is 0. The summed E-state index contributed by atoms with van der Waals surface area (Å²) in [6, 6.07) is 7.23. The van der Waals surface area contributed by atoms with Crippen LogP contribution in [-0.4, -0.2) is 43.1 Å². The number of hydrogen-bond donors (Lipinski definition) is 0. The quantitative estimate of drug-likeness (QED) is 0.784. The molecule has 0 radical (unpaired) electrons. The van der Waals surface area contributed by atoms with Crippen LogP contribution in [0.3, 0.4) is 0 Å². The van der Waals surface area contributed by atoms with Gasteiger partial charge in [-0.05, 0) is 38.8 Å². The Bertz CT molecular complexity index is 529. The van der Waals surface area contributed by atoms with Gasteiger partial charge in [0.15, 0.2) is 0 Å². The zero-order valence-electron chi connectivity index (χ0n) is 13.2. The van der Waals surface area contributed by atoms with Crippen molar-refractivity contribution in [1.82, 2.24) is 4.90 Å². The highest BCUT2D eigenvalue weighted by atomic mass is 16.5. The van der Waals surface area contributed by atoms with Gasteiger partial charge in [-0.3, -0.25) is 9.59 Å². The Hall–Kier alpha value is -2.04. The van der Waals surface area contributed by atoms with Crippen LogP contribution < -0.4 is 4.74 Å². The molecule has 1 amide bonds. The molecule has 1 aromatic rings. The fourth-order valence-corrected chi connectivity index (χ4v) is 2.71. The maximum atomic E-state index is 12.7. The molecule has 1 unspecified atom stereocenters. The highest BCUT2D eigenvalue weighted by Gasteiger charge is 2.30. The van der Waals surface area contributed by atoms with Crippen LogP contribution in [0.2, 0.25) is 0 Å². The van der Waals surface area contributed by atoms with Crippen molar-refractivity contribution < 1.29 is 19.1 Å². The second kappa shape index (κ2) is 7.82. The second-order valence-electron chi connectivity index (χ2n) is 5.27. The van der Waals surface area contributed by atoms with Gasteiger partial charge in [-0.2, -0.15) is 0 Å². The molecule has 5 heteroatoms. The van der Waals surface area contributed by atoms with Gasteiger partial charge >= 0.3 is 5.97 Å². The Morgan fingerprint density at radius 1 is 1.23 bits per heavy atom. The Morgan fingerprint density at radius 2 is 2.00 bits per heavy atom. The lowest BCUT2D eigenvalue weighted by Gasteiger charge is -2.31. The number of likely N-dealkylation sites (tertiary alicyclic amines) is 1. The Kier molecular flexibility index (Phi) is 5.81. The minimum atomic E-state index is -0.225. The van der Waals surface area contributed by atoms with Crippen molar-refractivity contribution in [1.29, 1.82) is 0 Å². The van der Waals surface area contributed by atoms with E-state index in [1.807, 2.05) is 19.1 Å². The number of ether oxygens (including phenoxy) is 2. The fraction of sp³-hybridized carbons (Fsp3) is 0.529. The molecule has 1 saturated heterocycles. The summed E-state index contributed by atoms with van der Waals surface area (Å²) in [5.41, 5.74) is 0.550. The van der Waals surface area contributed by atoms with Gasteiger partial charge in [0, 0.05) is 13.1 Å². The lowest BCUT2D eigenvalue weighted by molar-refractivity contribution is -0.149. The van der Waals surface area contributed by atoms with Crippen LogP contribution in [0.5, 0.6) is 5.75 Å². The topological polar surface area (TPSA) is 55.8 Å². The van der Waals surface area contributed by atoms with E-state index in [1.54, 1.807) is 24.0 Å². The number of amides is 1. The zero-order chi connectivity index (χ0) is 15.9. The monoisotopic (exact) mass is 305 g/mol. The molecule has 1 aromatic carbocycles. The van der Waals surface area contributed by atoms with Crippen LogP contribution in [0.1, 0.15) is 37.0 Å². The summed E-state index contributed by atoms with van der Waals surface area (Å²) in [6.45, 7) is 5.64. The van der Waals surface area contributed by atoms with Crippen molar-refractivity contribution in [3.05, 3.63) is 29.8 Å². The molecule has 1 heterocycles. The number of hydrogen-bond acceptors (Lipinski definition) is 4. The third kappa shape index (κ3) is 3.78. The number of para-hydroxylation sites is 1. The number of piperidine rings is 1. The van der Waals surface area contributed by atoms with Gasteiger partial charge < -0.3 is 14.4 Å². The minimum Gasteiger partial charge on any atom is -0.493 e. The average molecular weight is 305 g/mol. The molecule has 1 aliphatic heterocycles. The summed E-state index contributed by atoms with van der Waals surface area (Å²) < 4.78 is 10.6. The number of carbonyl (C=O) groups is 2. The summed E-state index contributed by atoms with van der Waals surface area (Å²) in [5, 5.41) is 0. The highest BCUT2D eigenvalue weighted by Crippen LogP contribution is 2.24. The number of carbonyl (C=O) groups excluding carboxylic acids is 2. The fourth-order valence-electron chi connectivity index (χ4n) is 2.71. The van der Waals surface area contributed by atoms with Crippen LogP contribution in [0.4, 0.5) is 0 Å². The zero-order valence-corrected chi connectivity index (χ0v) is 13.2. The van der Waals surface area contributed by atoms with E-state index in [0.717, 1.165) is 12.8 Å². The number of benzene rings is 1. The molecule has 0 aliphatic carbocycles. The summed E-state index contributed by atoms with van der Waals surface area (Å²) in [6.07, 6.45) is 1.59. The number of esters is 1. The van der Waals surface area contributed by atoms with Gasteiger partial charge in [0.1, 0.15) is 5.75 Å². The Morgan fingerprint density at radius 3 is 2.73 bits per heavy atom. The largest absolute Gasteiger partial charge is 0.493 e. The maximum absolute atomic E-state index is 12.7. The van der Waals surface area contributed by atoms with Crippen LogP contribution in [0.25, 0.3) is 0 Å². The smallest absolute Gasteiger partial charge is 0.310 e. The normalized spacial score (nSPS) is 17.9. The first-order valence-corrected chi connectivity index (χ1v) is 7.85. The van der Waals surface area contributed by atoms with E-state index >= 15 is 0 Å². The molecule has 0 aromatic heterocycles. The molecule has 22 heavy (non-hydrogen) atoms. The lowest BCUT2D eigenvalue weighted by Crippen LogP contribution is -2.42. The molecule has 1 aliphatic rings. The lowest BCUT2D eigenvalue weighted by atomic mass is 9.97. The van der Waals surface area contributed by atoms with E-state index < -0.39 is 0 Å². The third-order valence-corrected chi connectivity index (χ3v) is 3.75. The van der Waals surface area contributed by atoms with Crippen molar-refractivity contribution in [2.45, 2.75) is 26.7 Å². The first-order valence-electron chi connectivity index (χ1n) is 7.85. The summed E-state index contributed by atoms with van der Waals surface area (Å²) in [4.78, 5) is 26.3. The van der Waals surface area contributed by atoms with Gasteiger partial charge in [-0.1, -0.05) is 12.1 Å². The molecule has 0 saturated carbocycles. The van der Waals surface area contributed by atoms with E-state index in [-0.39, 0.29) is 17.8 Å². The standard InChI is InChI=1S/C17H23NO4/c1-3-21-15-10-6-5-9-14(15)16(19)18-11-7-8-13(12-18)17(20)22-4-2/h5-6,9-10,13H,3-4,7-8,11-12H2,1-2H3. The minimum absolute atomic E-state index is 0.0851. The molecule has 5 nitrogen and oxygen atoms in total. The van der Waals surface area contributed by atoms with Crippen LogP contribution in [-0.2, 0) is 9.53 Å². The molecular weight excluding hydrogens is 282 g/mol. The molecule has 120 valence electrons. The molecule has 0 bridgehead atoms. The first-order chi connectivity index (χ1) is 10.7. The van der Waals surface area contributed by atoms with Gasteiger partial charge in [-0.25, -0.2) is 0 Å². The molecule has 0 N–H and O–H groups in total. The molecule has 1 atom stereocenters. The van der Waals surface area contributed by atoms with Crippen molar-refractivity contribution in [3.63, 3.8) is 0 Å². The molecule has 2 rings (SSSR count). The van der Waals surface area contributed by atoms with Crippen molar-refractivity contribution in [3.8, 4) is 5.75 Å². The maximum Gasteiger partial charge on any atom is 0.310 e. The number of rotatable bonds is 5. The van der Waals surface area contributed by atoms with E-state index in [1.165, 1.54) is 0 Å².